The minimum absolute atomic E-state index is 0.145. The lowest BCUT2D eigenvalue weighted by atomic mass is 10.2. The quantitative estimate of drug-likeness (QED) is 0.744. The van der Waals surface area contributed by atoms with Crippen LogP contribution >= 0.6 is 34.8 Å². The van der Waals surface area contributed by atoms with Crippen LogP contribution < -0.4 is 0 Å². The van der Waals surface area contributed by atoms with Crippen LogP contribution in [0.1, 0.15) is 17.7 Å². The van der Waals surface area contributed by atoms with E-state index < -0.39 is 0 Å². The first kappa shape index (κ1) is 19.5. The van der Waals surface area contributed by atoms with Gasteiger partial charge in [-0.25, -0.2) is 0 Å². The molecule has 0 saturated carbocycles. The van der Waals surface area contributed by atoms with Crippen LogP contribution in [0.2, 0.25) is 15.1 Å². The van der Waals surface area contributed by atoms with Crippen LogP contribution in [0, 0.1) is 6.92 Å². The molecule has 3 rings (SSSR count). The van der Waals surface area contributed by atoms with Crippen LogP contribution in [-0.2, 0) is 17.9 Å². The van der Waals surface area contributed by atoms with Crippen molar-refractivity contribution in [2.45, 2.75) is 26.4 Å². The van der Waals surface area contributed by atoms with Crippen molar-refractivity contribution in [3.63, 3.8) is 0 Å². The van der Waals surface area contributed by atoms with E-state index in [-0.39, 0.29) is 5.91 Å². The van der Waals surface area contributed by atoms with E-state index in [0.29, 0.717) is 47.7 Å². The van der Waals surface area contributed by atoms with Crippen LogP contribution in [0.4, 0.5) is 0 Å². The number of carbonyl (C=O) groups excluding carboxylic acids is 1. The first-order valence-electron chi connectivity index (χ1n) is 8.56. The van der Waals surface area contributed by atoms with Crippen molar-refractivity contribution >= 4 is 40.7 Å². The highest BCUT2D eigenvalue weighted by Crippen LogP contribution is 2.26. The molecule has 0 aliphatic carbocycles. The summed E-state index contributed by atoms with van der Waals surface area (Å²) in [6, 6.07) is 5.55. The maximum atomic E-state index is 12.5. The molecule has 1 aliphatic rings. The van der Waals surface area contributed by atoms with E-state index in [1.807, 2.05) is 30.0 Å². The largest absolute Gasteiger partial charge is 0.340 e. The molecule has 0 bridgehead atoms. The maximum Gasteiger partial charge on any atom is 0.224 e. The fourth-order valence-electron chi connectivity index (χ4n) is 3.07. The number of aromatic nitrogens is 2. The van der Waals surface area contributed by atoms with Gasteiger partial charge in [-0.3, -0.25) is 14.4 Å². The van der Waals surface area contributed by atoms with Crippen LogP contribution in [0.3, 0.4) is 0 Å². The summed E-state index contributed by atoms with van der Waals surface area (Å²) >= 11 is 18.5. The molecule has 0 radical (unpaired) electrons. The van der Waals surface area contributed by atoms with Crippen molar-refractivity contribution < 1.29 is 4.79 Å². The second-order valence-corrected chi connectivity index (χ2v) is 7.63. The van der Waals surface area contributed by atoms with Gasteiger partial charge in [-0.05, 0) is 19.1 Å². The lowest BCUT2D eigenvalue weighted by Gasteiger charge is -2.35. The molecule has 2 aromatic rings. The molecule has 0 unspecified atom stereocenters. The average Bonchev–Trinajstić information content (AvgIpc) is 2.95. The van der Waals surface area contributed by atoms with Crippen molar-refractivity contribution in [2.24, 2.45) is 0 Å². The number of amides is 1. The molecule has 140 valence electrons. The number of nitrogens with zero attached hydrogens (tertiary/aromatic N) is 4. The zero-order valence-electron chi connectivity index (χ0n) is 14.6. The van der Waals surface area contributed by atoms with Gasteiger partial charge in [0.15, 0.2) is 0 Å². The zero-order valence-corrected chi connectivity index (χ0v) is 16.9. The van der Waals surface area contributed by atoms with Gasteiger partial charge >= 0.3 is 0 Å². The number of carbonyl (C=O) groups is 1. The molecule has 2 heterocycles. The summed E-state index contributed by atoms with van der Waals surface area (Å²) in [5, 5.41) is 6.19. The van der Waals surface area contributed by atoms with E-state index in [2.05, 4.69) is 10.00 Å². The second-order valence-electron chi connectivity index (χ2n) is 6.41. The fourth-order valence-corrected chi connectivity index (χ4v) is 3.73. The van der Waals surface area contributed by atoms with Gasteiger partial charge in [-0.15, -0.1) is 0 Å². The van der Waals surface area contributed by atoms with Gasteiger partial charge in [0.2, 0.25) is 5.91 Å². The molecule has 1 fully saturated rings. The third-order valence-corrected chi connectivity index (χ3v) is 5.83. The number of halogens is 3. The summed E-state index contributed by atoms with van der Waals surface area (Å²) in [4.78, 5) is 16.6. The molecular weight excluding hydrogens is 395 g/mol. The Morgan fingerprint density at radius 2 is 1.73 bits per heavy atom. The SMILES string of the molecule is Cc1c(Cl)cnn1CCC(=O)N1CCN(Cc2c(Cl)cccc2Cl)CC1. The Labute approximate surface area is 168 Å². The molecule has 5 nitrogen and oxygen atoms in total. The molecule has 1 saturated heterocycles. The first-order valence-corrected chi connectivity index (χ1v) is 9.70. The van der Waals surface area contributed by atoms with Gasteiger partial charge in [0.25, 0.3) is 0 Å². The lowest BCUT2D eigenvalue weighted by molar-refractivity contribution is -0.133. The molecular formula is C18H21Cl3N4O. The van der Waals surface area contributed by atoms with Crippen LogP contribution in [0.5, 0.6) is 0 Å². The number of hydrogen-bond acceptors (Lipinski definition) is 3. The summed E-state index contributed by atoms with van der Waals surface area (Å²) in [6.45, 7) is 6.18. The standard InChI is InChI=1S/C18H21Cl3N4O/c1-13-17(21)11-22-25(13)6-5-18(26)24-9-7-23(8-10-24)12-14-15(19)3-2-4-16(14)20/h2-4,11H,5-10,12H2,1H3. The third kappa shape index (κ3) is 4.52. The summed E-state index contributed by atoms with van der Waals surface area (Å²) in [5.74, 6) is 0.145. The van der Waals surface area contributed by atoms with Crippen LogP contribution in [0.25, 0.3) is 0 Å². The second kappa shape index (κ2) is 8.61. The Morgan fingerprint density at radius 3 is 2.31 bits per heavy atom. The summed E-state index contributed by atoms with van der Waals surface area (Å²) in [5.41, 5.74) is 1.84. The molecule has 8 heteroatoms. The van der Waals surface area contributed by atoms with Gasteiger partial charge in [-0.2, -0.15) is 5.10 Å². The number of hydrogen-bond donors (Lipinski definition) is 0. The van der Waals surface area contributed by atoms with Crippen molar-refractivity contribution in [1.29, 1.82) is 0 Å². The molecule has 0 spiro atoms. The highest BCUT2D eigenvalue weighted by Gasteiger charge is 2.22. The smallest absolute Gasteiger partial charge is 0.224 e. The van der Waals surface area contributed by atoms with Gasteiger partial charge in [0.1, 0.15) is 0 Å². The lowest BCUT2D eigenvalue weighted by Crippen LogP contribution is -2.48. The van der Waals surface area contributed by atoms with E-state index in [0.717, 1.165) is 24.3 Å². The van der Waals surface area contributed by atoms with Crippen molar-refractivity contribution in [1.82, 2.24) is 19.6 Å². The average molecular weight is 416 g/mol. The molecule has 1 amide bonds. The fraction of sp³-hybridized carbons (Fsp3) is 0.444. The van der Waals surface area contributed by atoms with E-state index in [9.17, 15) is 4.79 Å². The molecule has 1 aromatic heterocycles. The van der Waals surface area contributed by atoms with E-state index in [1.54, 1.807) is 10.9 Å². The summed E-state index contributed by atoms with van der Waals surface area (Å²) in [6.07, 6.45) is 2.04. The van der Waals surface area contributed by atoms with Gasteiger partial charge in [-0.1, -0.05) is 40.9 Å². The highest BCUT2D eigenvalue weighted by molar-refractivity contribution is 6.36. The molecule has 26 heavy (non-hydrogen) atoms. The van der Waals surface area contributed by atoms with Crippen molar-refractivity contribution in [3.05, 3.63) is 50.7 Å². The number of benzene rings is 1. The highest BCUT2D eigenvalue weighted by atomic mass is 35.5. The Bertz CT molecular complexity index is 764. The zero-order chi connectivity index (χ0) is 18.7. The number of rotatable bonds is 5. The molecule has 1 aliphatic heterocycles. The Balaban J connectivity index is 1.48. The van der Waals surface area contributed by atoms with E-state index in [1.165, 1.54) is 0 Å². The van der Waals surface area contributed by atoms with E-state index >= 15 is 0 Å². The number of piperazine rings is 1. The normalized spacial score (nSPS) is 15.5. The van der Waals surface area contributed by atoms with Gasteiger partial charge in [0, 0.05) is 54.8 Å². The third-order valence-electron chi connectivity index (χ3n) is 4.75. The Hall–Kier alpha value is -1.27. The molecule has 0 N–H and O–H groups in total. The van der Waals surface area contributed by atoms with Gasteiger partial charge < -0.3 is 4.90 Å². The van der Waals surface area contributed by atoms with Crippen molar-refractivity contribution in [3.8, 4) is 0 Å². The van der Waals surface area contributed by atoms with Crippen LogP contribution in [-0.4, -0.2) is 51.7 Å². The predicted molar refractivity (Wildman–Crippen MR) is 105 cm³/mol. The van der Waals surface area contributed by atoms with E-state index in [4.69, 9.17) is 34.8 Å². The topological polar surface area (TPSA) is 41.4 Å². The van der Waals surface area contributed by atoms with Crippen molar-refractivity contribution in [2.75, 3.05) is 26.2 Å². The predicted octanol–water partition coefficient (Wildman–Crippen LogP) is 3.89. The Kier molecular flexibility index (Phi) is 6.46. The monoisotopic (exact) mass is 414 g/mol. The minimum Gasteiger partial charge on any atom is -0.340 e. The maximum absolute atomic E-state index is 12.5. The number of aryl methyl sites for hydroxylation is 1. The van der Waals surface area contributed by atoms with Crippen LogP contribution in [0.15, 0.2) is 24.4 Å². The molecule has 1 aromatic carbocycles. The minimum atomic E-state index is 0.145. The Morgan fingerprint density at radius 1 is 1.08 bits per heavy atom. The summed E-state index contributed by atoms with van der Waals surface area (Å²) in [7, 11) is 0. The first-order chi connectivity index (χ1) is 12.5. The summed E-state index contributed by atoms with van der Waals surface area (Å²) < 4.78 is 1.77. The van der Waals surface area contributed by atoms with Gasteiger partial charge in [0.05, 0.1) is 23.5 Å². The molecule has 0 atom stereocenters.